The number of rotatable bonds is 6. The molecule has 1 heterocycles. The Kier molecular flexibility index (Phi) is 5.57. The van der Waals surface area contributed by atoms with Crippen molar-refractivity contribution in [3.8, 4) is 5.75 Å². The van der Waals surface area contributed by atoms with Crippen molar-refractivity contribution < 1.29 is 14.6 Å². The normalized spacial score (nSPS) is 10.5. The van der Waals surface area contributed by atoms with Crippen LogP contribution in [0.1, 0.15) is 39.5 Å². The first kappa shape index (κ1) is 16.5. The highest BCUT2D eigenvalue weighted by Gasteiger charge is 2.13. The van der Waals surface area contributed by atoms with Gasteiger partial charge in [-0.3, -0.25) is 4.79 Å². The number of amides is 1. The first-order chi connectivity index (χ1) is 10.6. The highest BCUT2D eigenvalue weighted by Crippen LogP contribution is 2.26. The molecule has 5 heteroatoms. The van der Waals surface area contributed by atoms with Gasteiger partial charge in [0.25, 0.3) is 5.91 Å². The van der Waals surface area contributed by atoms with E-state index in [-0.39, 0.29) is 12.5 Å². The second-order valence-electron chi connectivity index (χ2n) is 4.94. The van der Waals surface area contributed by atoms with Crippen LogP contribution in [-0.4, -0.2) is 17.6 Å². The average Bonchev–Trinajstić information content (AvgIpc) is 2.90. The number of ether oxygens (including phenoxy) is 1. The Hall–Kier alpha value is -1.85. The molecule has 1 aromatic heterocycles. The van der Waals surface area contributed by atoms with Crippen LogP contribution in [0.5, 0.6) is 5.75 Å². The van der Waals surface area contributed by atoms with E-state index in [0.29, 0.717) is 28.5 Å². The van der Waals surface area contributed by atoms with Crippen molar-refractivity contribution in [3.63, 3.8) is 0 Å². The molecule has 2 rings (SSSR count). The third-order valence-corrected chi connectivity index (χ3v) is 4.73. The van der Waals surface area contributed by atoms with E-state index in [4.69, 9.17) is 4.74 Å². The van der Waals surface area contributed by atoms with Crippen LogP contribution in [0.15, 0.2) is 24.3 Å². The Labute approximate surface area is 134 Å². The summed E-state index contributed by atoms with van der Waals surface area (Å²) in [6, 6.07) is 7.20. The van der Waals surface area contributed by atoms with Crippen molar-refractivity contribution in [2.24, 2.45) is 0 Å². The van der Waals surface area contributed by atoms with Crippen molar-refractivity contribution in [2.75, 3.05) is 11.9 Å². The number of aliphatic hydroxyl groups excluding tert-OH is 1. The third kappa shape index (κ3) is 3.67. The summed E-state index contributed by atoms with van der Waals surface area (Å²) in [7, 11) is 0. The van der Waals surface area contributed by atoms with E-state index in [0.717, 1.165) is 12.0 Å². The fraction of sp³-hybridized carbons (Fsp3) is 0.353. The van der Waals surface area contributed by atoms with E-state index in [1.165, 1.54) is 16.2 Å². The Balaban J connectivity index is 2.17. The molecule has 0 fully saturated rings. The number of hydrogen-bond acceptors (Lipinski definition) is 4. The van der Waals surface area contributed by atoms with Gasteiger partial charge in [-0.15, -0.1) is 11.3 Å². The van der Waals surface area contributed by atoms with Crippen LogP contribution in [0.25, 0.3) is 0 Å². The third-order valence-electron chi connectivity index (χ3n) is 3.35. The molecule has 0 aliphatic heterocycles. The lowest BCUT2D eigenvalue weighted by Crippen LogP contribution is -2.10. The van der Waals surface area contributed by atoms with Crippen LogP contribution in [0, 0.1) is 6.92 Å². The molecule has 4 nitrogen and oxygen atoms in total. The molecule has 0 saturated carbocycles. The van der Waals surface area contributed by atoms with E-state index in [1.807, 2.05) is 19.9 Å². The standard InChI is InChI=1S/C17H21NO3S/c1-4-15-11(3)8-16(22-15)17(20)18-13-6-7-14(21-5-2)12(9-13)10-19/h6-9,19H,4-5,10H2,1-3H3,(H,18,20). The average molecular weight is 319 g/mol. The predicted molar refractivity (Wildman–Crippen MR) is 89.9 cm³/mol. The second kappa shape index (κ2) is 7.42. The summed E-state index contributed by atoms with van der Waals surface area (Å²) in [4.78, 5) is 14.2. The molecule has 22 heavy (non-hydrogen) atoms. The van der Waals surface area contributed by atoms with Gasteiger partial charge in [-0.1, -0.05) is 6.92 Å². The molecule has 0 radical (unpaired) electrons. The molecule has 2 N–H and O–H groups in total. The molecule has 0 aliphatic rings. The maximum atomic E-state index is 12.3. The predicted octanol–water partition coefficient (Wildman–Crippen LogP) is 3.76. The summed E-state index contributed by atoms with van der Waals surface area (Å²) >= 11 is 1.52. The molecule has 0 spiro atoms. The largest absolute Gasteiger partial charge is 0.494 e. The number of anilines is 1. The van der Waals surface area contributed by atoms with Gasteiger partial charge in [0.1, 0.15) is 5.75 Å². The number of carbonyl (C=O) groups is 1. The SMILES string of the molecule is CCOc1ccc(NC(=O)c2cc(C)c(CC)s2)cc1CO. The van der Waals surface area contributed by atoms with Crippen LogP contribution < -0.4 is 10.1 Å². The monoisotopic (exact) mass is 319 g/mol. The molecule has 0 unspecified atom stereocenters. The maximum absolute atomic E-state index is 12.3. The fourth-order valence-corrected chi connectivity index (χ4v) is 3.26. The summed E-state index contributed by atoms with van der Waals surface area (Å²) in [5.74, 6) is 0.518. The number of carbonyl (C=O) groups excluding carboxylic acids is 1. The Morgan fingerprint density at radius 2 is 2.09 bits per heavy atom. The number of aliphatic hydroxyl groups is 1. The van der Waals surface area contributed by atoms with Crippen LogP contribution in [0.2, 0.25) is 0 Å². The molecule has 118 valence electrons. The molecule has 0 bridgehead atoms. The van der Waals surface area contributed by atoms with Crippen LogP contribution in [0.4, 0.5) is 5.69 Å². The quantitative estimate of drug-likeness (QED) is 0.852. The van der Waals surface area contributed by atoms with Gasteiger partial charge in [-0.05, 0) is 50.1 Å². The first-order valence-corrected chi connectivity index (χ1v) is 8.17. The molecule has 1 amide bonds. The van der Waals surface area contributed by atoms with Gasteiger partial charge in [0.05, 0.1) is 18.1 Å². The topological polar surface area (TPSA) is 58.6 Å². The first-order valence-electron chi connectivity index (χ1n) is 7.36. The molecular formula is C17H21NO3S. The Morgan fingerprint density at radius 1 is 1.32 bits per heavy atom. The van der Waals surface area contributed by atoms with E-state index < -0.39 is 0 Å². The van der Waals surface area contributed by atoms with Crippen molar-refractivity contribution >= 4 is 22.9 Å². The smallest absolute Gasteiger partial charge is 0.265 e. The van der Waals surface area contributed by atoms with Gasteiger partial charge in [-0.25, -0.2) is 0 Å². The molecule has 0 aliphatic carbocycles. The number of nitrogens with one attached hydrogen (secondary N) is 1. The number of thiophene rings is 1. The van der Waals surface area contributed by atoms with Crippen molar-refractivity contribution in [2.45, 2.75) is 33.8 Å². The van der Waals surface area contributed by atoms with E-state index >= 15 is 0 Å². The zero-order chi connectivity index (χ0) is 16.1. The highest BCUT2D eigenvalue weighted by atomic mass is 32.1. The summed E-state index contributed by atoms with van der Waals surface area (Å²) < 4.78 is 5.44. The molecular weight excluding hydrogens is 298 g/mol. The lowest BCUT2D eigenvalue weighted by molar-refractivity contribution is 0.103. The minimum absolute atomic E-state index is 0.124. The summed E-state index contributed by atoms with van der Waals surface area (Å²) in [6.07, 6.45) is 0.932. The Bertz CT molecular complexity index is 664. The van der Waals surface area contributed by atoms with Gasteiger partial charge >= 0.3 is 0 Å². The fourth-order valence-electron chi connectivity index (χ4n) is 2.25. The summed E-state index contributed by atoms with van der Waals surface area (Å²) in [5, 5.41) is 12.3. The van der Waals surface area contributed by atoms with E-state index in [2.05, 4.69) is 12.2 Å². The number of aryl methyl sites for hydroxylation is 2. The van der Waals surface area contributed by atoms with Gasteiger partial charge in [0.15, 0.2) is 0 Å². The zero-order valence-electron chi connectivity index (χ0n) is 13.1. The molecule has 0 saturated heterocycles. The second-order valence-corrected chi connectivity index (χ2v) is 6.07. The van der Waals surface area contributed by atoms with Crippen LogP contribution in [-0.2, 0) is 13.0 Å². The number of benzene rings is 1. The number of hydrogen-bond donors (Lipinski definition) is 2. The molecule has 0 atom stereocenters. The van der Waals surface area contributed by atoms with Crippen molar-refractivity contribution in [3.05, 3.63) is 45.1 Å². The summed E-state index contributed by atoms with van der Waals surface area (Å²) in [6.45, 7) is 6.40. The molecule has 1 aromatic carbocycles. The van der Waals surface area contributed by atoms with Gasteiger partial charge in [-0.2, -0.15) is 0 Å². The lowest BCUT2D eigenvalue weighted by Gasteiger charge is -2.11. The minimum Gasteiger partial charge on any atom is -0.494 e. The van der Waals surface area contributed by atoms with E-state index in [9.17, 15) is 9.90 Å². The summed E-state index contributed by atoms with van der Waals surface area (Å²) in [5.41, 5.74) is 2.47. The van der Waals surface area contributed by atoms with Crippen molar-refractivity contribution in [1.29, 1.82) is 0 Å². The van der Waals surface area contributed by atoms with E-state index in [1.54, 1.807) is 18.2 Å². The van der Waals surface area contributed by atoms with Crippen molar-refractivity contribution in [1.82, 2.24) is 0 Å². The van der Waals surface area contributed by atoms with Gasteiger partial charge in [0, 0.05) is 16.1 Å². The van der Waals surface area contributed by atoms with Crippen LogP contribution in [0.3, 0.4) is 0 Å². The molecule has 2 aromatic rings. The van der Waals surface area contributed by atoms with Gasteiger partial charge in [0.2, 0.25) is 0 Å². The van der Waals surface area contributed by atoms with Gasteiger partial charge < -0.3 is 15.2 Å². The highest BCUT2D eigenvalue weighted by molar-refractivity contribution is 7.14. The minimum atomic E-state index is -0.128. The lowest BCUT2D eigenvalue weighted by atomic mass is 10.2. The maximum Gasteiger partial charge on any atom is 0.265 e. The zero-order valence-corrected chi connectivity index (χ0v) is 13.9. The Morgan fingerprint density at radius 3 is 2.68 bits per heavy atom. The van der Waals surface area contributed by atoms with Crippen LogP contribution >= 0.6 is 11.3 Å².